The fourth-order valence-electron chi connectivity index (χ4n) is 2.07. The largest absolute Gasteiger partial charge is 0.481 e. The molecule has 1 heterocycles. The van der Waals surface area contributed by atoms with Crippen LogP contribution in [0, 0.1) is 0 Å². The van der Waals surface area contributed by atoms with Crippen molar-refractivity contribution in [3.63, 3.8) is 0 Å². The molecule has 0 spiro atoms. The lowest BCUT2D eigenvalue weighted by Gasteiger charge is -2.13. The van der Waals surface area contributed by atoms with Gasteiger partial charge in [0.05, 0.1) is 0 Å². The molecule has 0 bridgehead atoms. The molecule has 0 radical (unpaired) electrons. The van der Waals surface area contributed by atoms with Crippen LogP contribution in [0.25, 0.3) is 11.1 Å². The van der Waals surface area contributed by atoms with Crippen LogP contribution in [-0.4, -0.2) is 24.0 Å². The zero-order valence-corrected chi connectivity index (χ0v) is 13.8. The number of halogens is 1. The highest BCUT2D eigenvalue weighted by Crippen LogP contribution is 2.28. The van der Waals surface area contributed by atoms with Gasteiger partial charge in [0, 0.05) is 18.1 Å². The molecule has 1 amide bonds. The van der Waals surface area contributed by atoms with Gasteiger partial charge in [0.1, 0.15) is 17.0 Å². The molecular weight excluding hydrogens is 332 g/mol. The maximum absolute atomic E-state index is 11.4. The Bertz CT molecular complexity index is 861. The van der Waals surface area contributed by atoms with Gasteiger partial charge in [-0.15, -0.1) is 0 Å². The van der Waals surface area contributed by atoms with Gasteiger partial charge >= 0.3 is 6.08 Å². The van der Waals surface area contributed by atoms with Crippen LogP contribution in [0.2, 0.25) is 5.02 Å². The molecule has 124 valence electrons. The predicted molar refractivity (Wildman–Crippen MR) is 89.7 cm³/mol. The molecule has 1 N–H and O–H groups in total. The van der Waals surface area contributed by atoms with Gasteiger partial charge in [0.15, 0.2) is 11.7 Å². The molecule has 0 saturated carbocycles. The average Bonchev–Trinajstić information content (AvgIpc) is 2.97. The Kier molecular flexibility index (Phi) is 4.57. The van der Waals surface area contributed by atoms with Crippen LogP contribution in [-0.2, 0) is 4.79 Å². The van der Waals surface area contributed by atoms with Crippen LogP contribution < -0.4 is 14.8 Å². The van der Waals surface area contributed by atoms with E-state index in [0.717, 1.165) is 0 Å². The number of ether oxygens (including phenoxy) is 2. The second kappa shape index (κ2) is 6.80. The molecule has 7 heteroatoms. The van der Waals surface area contributed by atoms with Crippen LogP contribution in [0.15, 0.2) is 46.9 Å². The zero-order chi connectivity index (χ0) is 17.1. The number of fused-ring (bicyclic) bond motifs is 1. The summed E-state index contributed by atoms with van der Waals surface area (Å²) in [6.45, 7) is 1.67. The Hall–Kier alpha value is -2.73. The fourth-order valence-corrected chi connectivity index (χ4v) is 2.23. The van der Waals surface area contributed by atoms with Crippen LogP contribution in [0.5, 0.6) is 17.6 Å². The summed E-state index contributed by atoms with van der Waals surface area (Å²) in [7, 11) is 1.56. The van der Waals surface area contributed by atoms with Gasteiger partial charge in [-0.2, -0.15) is 4.98 Å². The smallest absolute Gasteiger partial charge is 0.400 e. The minimum Gasteiger partial charge on any atom is -0.481 e. The number of hydrogen-bond acceptors (Lipinski definition) is 5. The maximum atomic E-state index is 11.4. The predicted octanol–water partition coefficient (Wildman–Crippen LogP) is 3.79. The first-order valence-electron chi connectivity index (χ1n) is 7.27. The quantitative estimate of drug-likeness (QED) is 0.761. The van der Waals surface area contributed by atoms with Crippen molar-refractivity contribution in [1.82, 2.24) is 10.3 Å². The molecule has 0 saturated heterocycles. The first-order chi connectivity index (χ1) is 11.5. The normalized spacial score (nSPS) is 12.0. The number of aromatic nitrogens is 1. The molecule has 6 nitrogen and oxygen atoms in total. The molecular formula is C17H15ClN2O4. The third-order valence-electron chi connectivity index (χ3n) is 3.29. The van der Waals surface area contributed by atoms with E-state index in [0.29, 0.717) is 27.6 Å². The average molecular weight is 347 g/mol. The molecule has 0 aliphatic heterocycles. The van der Waals surface area contributed by atoms with E-state index in [1.807, 2.05) is 0 Å². The van der Waals surface area contributed by atoms with Crippen LogP contribution in [0.3, 0.4) is 0 Å². The van der Waals surface area contributed by atoms with Crippen molar-refractivity contribution in [2.24, 2.45) is 0 Å². The number of carbonyl (C=O) groups excluding carboxylic acids is 1. The number of nitrogens with one attached hydrogen (secondary N) is 1. The number of rotatable bonds is 5. The summed E-state index contributed by atoms with van der Waals surface area (Å²) < 4.78 is 16.6. The molecule has 0 fully saturated rings. The van der Waals surface area contributed by atoms with Crippen molar-refractivity contribution in [2.75, 3.05) is 7.05 Å². The summed E-state index contributed by atoms with van der Waals surface area (Å²) in [5.41, 5.74) is 1.21. The van der Waals surface area contributed by atoms with Crippen LogP contribution in [0.4, 0.5) is 0 Å². The maximum Gasteiger partial charge on any atom is 0.400 e. The van der Waals surface area contributed by atoms with Gasteiger partial charge in [-0.05, 0) is 43.3 Å². The molecule has 1 aromatic heterocycles. The Morgan fingerprint density at radius 2 is 1.92 bits per heavy atom. The Labute approximate surface area is 143 Å². The highest BCUT2D eigenvalue weighted by molar-refractivity contribution is 6.31. The highest BCUT2D eigenvalue weighted by atomic mass is 35.5. The number of carbonyl (C=O) groups is 1. The molecule has 0 aliphatic rings. The number of benzene rings is 2. The Morgan fingerprint density at radius 3 is 2.62 bits per heavy atom. The van der Waals surface area contributed by atoms with Crippen molar-refractivity contribution in [2.45, 2.75) is 13.0 Å². The second-order valence-electron chi connectivity index (χ2n) is 5.04. The lowest BCUT2D eigenvalue weighted by Crippen LogP contribution is -2.33. The number of oxazole rings is 1. The third kappa shape index (κ3) is 3.60. The third-order valence-corrected chi connectivity index (χ3v) is 3.52. The number of hydrogen-bond donors (Lipinski definition) is 1. The SMILES string of the molecule is CNC(=O)[C@@H](C)Oc1ccc(Oc2nc3ccc(Cl)cc3o2)cc1. The van der Waals surface area contributed by atoms with Gasteiger partial charge in [0.2, 0.25) is 0 Å². The minimum atomic E-state index is -0.580. The van der Waals surface area contributed by atoms with Gasteiger partial charge in [0.25, 0.3) is 5.91 Å². The van der Waals surface area contributed by atoms with E-state index in [-0.39, 0.29) is 12.0 Å². The topological polar surface area (TPSA) is 73.6 Å². The lowest BCUT2D eigenvalue weighted by molar-refractivity contribution is -0.126. The molecule has 2 aromatic carbocycles. The molecule has 3 rings (SSSR count). The molecule has 24 heavy (non-hydrogen) atoms. The van der Waals surface area contributed by atoms with Gasteiger partial charge < -0.3 is 19.2 Å². The summed E-state index contributed by atoms with van der Waals surface area (Å²) in [4.78, 5) is 15.7. The Morgan fingerprint density at radius 1 is 1.21 bits per heavy atom. The number of amides is 1. The monoisotopic (exact) mass is 346 g/mol. The summed E-state index contributed by atoms with van der Waals surface area (Å²) >= 11 is 5.91. The van der Waals surface area contributed by atoms with Crippen molar-refractivity contribution in [3.05, 3.63) is 47.5 Å². The Balaban J connectivity index is 1.70. The minimum absolute atomic E-state index is 0.125. The van der Waals surface area contributed by atoms with Crippen molar-refractivity contribution in [3.8, 4) is 17.6 Å². The van der Waals surface area contributed by atoms with E-state index in [1.54, 1.807) is 56.4 Å². The van der Waals surface area contributed by atoms with Gasteiger partial charge in [-0.25, -0.2) is 0 Å². The van der Waals surface area contributed by atoms with Crippen molar-refractivity contribution in [1.29, 1.82) is 0 Å². The first kappa shape index (κ1) is 16.1. The summed E-state index contributed by atoms with van der Waals surface area (Å²) in [5, 5.41) is 3.09. The van der Waals surface area contributed by atoms with E-state index in [9.17, 15) is 4.79 Å². The van der Waals surface area contributed by atoms with Crippen molar-refractivity contribution < 1.29 is 18.7 Å². The molecule has 3 aromatic rings. The summed E-state index contributed by atoms with van der Waals surface area (Å²) in [6, 6.07) is 12.0. The first-order valence-corrected chi connectivity index (χ1v) is 7.65. The van der Waals surface area contributed by atoms with E-state index in [1.165, 1.54) is 0 Å². The number of nitrogens with zero attached hydrogens (tertiary/aromatic N) is 1. The second-order valence-corrected chi connectivity index (χ2v) is 5.48. The van der Waals surface area contributed by atoms with Crippen LogP contribution in [0.1, 0.15) is 6.92 Å². The standard InChI is InChI=1S/C17H15ClN2O4/c1-10(16(21)19-2)22-12-4-6-13(7-5-12)23-17-20-14-8-3-11(18)9-15(14)24-17/h3-10H,1-2H3,(H,19,21)/t10-/m1/s1. The molecule has 1 atom stereocenters. The molecule has 0 unspecified atom stereocenters. The molecule has 0 aliphatic carbocycles. The number of likely N-dealkylation sites (N-methyl/N-ethyl adjacent to an activating group) is 1. The summed E-state index contributed by atoms with van der Waals surface area (Å²) in [6.07, 6.45) is -0.455. The fraction of sp³-hybridized carbons (Fsp3) is 0.176. The van der Waals surface area contributed by atoms with Crippen molar-refractivity contribution >= 4 is 28.6 Å². The van der Waals surface area contributed by atoms with Gasteiger partial charge in [-0.1, -0.05) is 11.6 Å². The zero-order valence-electron chi connectivity index (χ0n) is 13.1. The van der Waals surface area contributed by atoms with E-state index in [2.05, 4.69) is 10.3 Å². The van der Waals surface area contributed by atoms with E-state index in [4.69, 9.17) is 25.5 Å². The summed E-state index contributed by atoms with van der Waals surface area (Å²) in [5.74, 6) is 0.899. The lowest BCUT2D eigenvalue weighted by atomic mass is 10.3. The van der Waals surface area contributed by atoms with E-state index >= 15 is 0 Å². The van der Waals surface area contributed by atoms with E-state index < -0.39 is 6.10 Å². The highest BCUT2D eigenvalue weighted by Gasteiger charge is 2.13. The van der Waals surface area contributed by atoms with Crippen LogP contribution >= 0.6 is 11.6 Å². The van der Waals surface area contributed by atoms with Gasteiger partial charge in [-0.3, -0.25) is 4.79 Å².